The fourth-order valence-corrected chi connectivity index (χ4v) is 6.43. The highest BCUT2D eigenvalue weighted by Crippen LogP contribution is 2.48. The van der Waals surface area contributed by atoms with Crippen molar-refractivity contribution in [3.63, 3.8) is 0 Å². The van der Waals surface area contributed by atoms with Gasteiger partial charge >= 0.3 is 6.09 Å². The number of aromatic hydroxyl groups is 1. The lowest BCUT2D eigenvalue weighted by molar-refractivity contribution is 0.00126. The number of aromatic nitrogens is 4. The molecule has 0 saturated carbocycles. The van der Waals surface area contributed by atoms with Crippen LogP contribution in [0.5, 0.6) is 11.6 Å². The molecule has 2 aromatic heterocycles. The van der Waals surface area contributed by atoms with Crippen molar-refractivity contribution in [2.45, 2.75) is 57.3 Å². The average molecular weight is 621 g/mol. The number of carbonyl (C=O) groups excluding carboxylic acids is 1. The zero-order valence-electron chi connectivity index (χ0n) is 23.2. The predicted molar refractivity (Wildman–Crippen MR) is 153 cm³/mol. The fraction of sp³-hybridized carbons (Fsp3) is 0.429. The summed E-state index contributed by atoms with van der Waals surface area (Å²) < 4.78 is 44.9. The van der Waals surface area contributed by atoms with Crippen molar-refractivity contribution in [2.75, 3.05) is 13.2 Å². The van der Waals surface area contributed by atoms with Gasteiger partial charge in [-0.1, -0.05) is 11.6 Å². The largest absolute Gasteiger partial charge is 0.493 e. The Kier molecular flexibility index (Phi) is 7.06. The topological polar surface area (TPSA) is 115 Å². The molecule has 0 radical (unpaired) electrons. The van der Waals surface area contributed by atoms with E-state index < -0.39 is 40.0 Å². The molecule has 0 aliphatic carbocycles. The van der Waals surface area contributed by atoms with Crippen LogP contribution in [-0.4, -0.2) is 72.7 Å². The molecule has 0 unspecified atom stereocenters. The van der Waals surface area contributed by atoms with Gasteiger partial charge in [-0.25, -0.2) is 18.6 Å². The number of ether oxygens (including phenoxy) is 2. The minimum atomic E-state index is -1.01. The first-order valence-electron chi connectivity index (χ1n) is 13.4. The zero-order chi connectivity index (χ0) is 30.1. The van der Waals surface area contributed by atoms with E-state index in [9.17, 15) is 9.90 Å². The third kappa shape index (κ3) is 4.75. The second-order valence-electron chi connectivity index (χ2n) is 11.5. The van der Waals surface area contributed by atoms with Crippen LogP contribution < -0.4 is 10.1 Å². The summed E-state index contributed by atoms with van der Waals surface area (Å²) in [5.41, 5.74) is -1.23. The molecule has 42 heavy (non-hydrogen) atoms. The number of piperazine rings is 1. The molecule has 2 N–H and O–H groups in total. The number of benzene rings is 2. The minimum Gasteiger partial charge on any atom is -0.493 e. The Labute approximate surface area is 249 Å². The van der Waals surface area contributed by atoms with E-state index in [1.807, 2.05) is 20.8 Å². The Hall–Kier alpha value is -3.48. The maximum atomic E-state index is 16.2. The number of aryl methyl sites for hydroxylation is 1. The molecule has 1 amide bonds. The zero-order valence-corrected chi connectivity index (χ0v) is 24.7. The summed E-state index contributed by atoms with van der Waals surface area (Å²) in [6.45, 7) is 5.92. The van der Waals surface area contributed by atoms with Crippen LogP contribution in [0.1, 0.15) is 33.6 Å². The van der Waals surface area contributed by atoms with E-state index in [1.54, 1.807) is 11.9 Å². The molecule has 4 heterocycles. The SMILES string of the molecule is Cn1ncc2ccc(F)c(-c3c(Cl)c(OC[C@H]4NC[C@@H]5CC[C@H]4N5C(=O)OC(C)(C)C)c4c(O)nc(Cl)nc4c3F)c21. The first-order chi connectivity index (χ1) is 19.9. The smallest absolute Gasteiger partial charge is 0.410 e. The summed E-state index contributed by atoms with van der Waals surface area (Å²) in [4.78, 5) is 22.5. The monoisotopic (exact) mass is 620 g/mol. The molecule has 10 nitrogen and oxygen atoms in total. The number of halogens is 4. The maximum absolute atomic E-state index is 16.2. The first kappa shape index (κ1) is 28.6. The highest BCUT2D eigenvalue weighted by molar-refractivity contribution is 6.37. The lowest BCUT2D eigenvalue weighted by Crippen LogP contribution is -2.61. The van der Waals surface area contributed by atoms with Gasteiger partial charge in [0.25, 0.3) is 0 Å². The van der Waals surface area contributed by atoms with Gasteiger partial charge in [-0.15, -0.1) is 0 Å². The van der Waals surface area contributed by atoms with Gasteiger partial charge in [-0.05, 0) is 57.3 Å². The fourth-order valence-electron chi connectivity index (χ4n) is 5.94. The molecular formula is C28H28Cl2F2N6O4. The van der Waals surface area contributed by atoms with Crippen molar-refractivity contribution >= 4 is 51.1 Å². The predicted octanol–water partition coefficient (Wildman–Crippen LogP) is 5.59. The van der Waals surface area contributed by atoms with E-state index in [0.29, 0.717) is 23.9 Å². The molecule has 222 valence electrons. The van der Waals surface area contributed by atoms with Gasteiger partial charge in [0.15, 0.2) is 11.6 Å². The summed E-state index contributed by atoms with van der Waals surface area (Å²) in [6, 6.07) is 2.09. The van der Waals surface area contributed by atoms with Crippen molar-refractivity contribution in [2.24, 2.45) is 7.05 Å². The summed E-state index contributed by atoms with van der Waals surface area (Å²) >= 11 is 12.8. The molecule has 14 heteroatoms. The molecule has 2 aromatic carbocycles. The Morgan fingerprint density at radius 1 is 1.19 bits per heavy atom. The lowest BCUT2D eigenvalue weighted by atomic mass is 9.99. The van der Waals surface area contributed by atoms with Crippen LogP contribution in [0.15, 0.2) is 18.3 Å². The van der Waals surface area contributed by atoms with Crippen molar-refractivity contribution in [3.8, 4) is 22.8 Å². The van der Waals surface area contributed by atoms with Crippen LogP contribution in [0.3, 0.4) is 0 Å². The van der Waals surface area contributed by atoms with Gasteiger partial charge in [0.2, 0.25) is 11.2 Å². The Bertz CT molecular complexity index is 1740. The molecule has 2 saturated heterocycles. The maximum Gasteiger partial charge on any atom is 0.410 e. The van der Waals surface area contributed by atoms with Crippen molar-refractivity contribution in [3.05, 3.63) is 40.3 Å². The number of hydrogen-bond donors (Lipinski definition) is 2. The number of hydrogen-bond acceptors (Lipinski definition) is 8. The van der Waals surface area contributed by atoms with Crippen LogP contribution in [0.25, 0.3) is 32.9 Å². The van der Waals surface area contributed by atoms with Crippen LogP contribution in [0.2, 0.25) is 10.3 Å². The van der Waals surface area contributed by atoms with Gasteiger partial charge < -0.3 is 19.9 Å². The van der Waals surface area contributed by atoms with Gasteiger partial charge in [0.05, 0.1) is 28.8 Å². The van der Waals surface area contributed by atoms with Crippen LogP contribution in [0, 0.1) is 11.6 Å². The normalized spacial score (nSPS) is 20.5. The second-order valence-corrected chi connectivity index (χ2v) is 12.2. The van der Waals surface area contributed by atoms with E-state index in [-0.39, 0.29) is 52.0 Å². The number of amides is 1. The van der Waals surface area contributed by atoms with Gasteiger partial charge in [-0.3, -0.25) is 9.58 Å². The van der Waals surface area contributed by atoms with E-state index in [0.717, 1.165) is 6.42 Å². The summed E-state index contributed by atoms with van der Waals surface area (Å²) in [5.74, 6) is -2.57. The van der Waals surface area contributed by atoms with Crippen LogP contribution >= 0.6 is 23.2 Å². The highest BCUT2D eigenvalue weighted by Gasteiger charge is 2.46. The molecule has 6 rings (SSSR count). The number of nitrogens with one attached hydrogen (secondary N) is 1. The molecule has 2 fully saturated rings. The molecule has 4 aromatic rings. The van der Waals surface area contributed by atoms with E-state index in [1.165, 1.54) is 23.0 Å². The Morgan fingerprint density at radius 3 is 2.69 bits per heavy atom. The second kappa shape index (κ2) is 10.4. The third-order valence-corrected chi connectivity index (χ3v) is 8.21. The standard InChI is InChI=1S/C28H28Cl2F2N6O4/c1-28(2,3)42-27(40)38-13-6-8-16(38)15(33-10-13)11-41-24-19-22(35-26(30)36-25(19)39)21(32)18(20(24)29)17-14(31)7-5-12-9-34-37(4)23(12)17/h5,7,9,13,15-16,33H,6,8,10-11H2,1-4H3,(H,35,36,39)/t13-,15+,16+/m0/s1. The lowest BCUT2D eigenvalue weighted by Gasteiger charge is -2.41. The molecule has 0 spiro atoms. The Balaban J connectivity index is 1.44. The van der Waals surface area contributed by atoms with Crippen LogP contribution in [-0.2, 0) is 11.8 Å². The molecule has 3 atom stereocenters. The van der Waals surface area contributed by atoms with Crippen molar-refractivity contribution in [1.82, 2.24) is 30.0 Å². The van der Waals surface area contributed by atoms with Gasteiger partial charge in [0.1, 0.15) is 28.9 Å². The number of fused-ring (bicyclic) bond motifs is 4. The number of rotatable bonds is 4. The third-order valence-electron chi connectivity index (χ3n) is 7.68. The molecule has 2 aliphatic heterocycles. The number of nitrogens with zero attached hydrogens (tertiary/aromatic N) is 5. The summed E-state index contributed by atoms with van der Waals surface area (Å²) in [6.07, 6.45) is 2.62. The minimum absolute atomic E-state index is 0.0233. The van der Waals surface area contributed by atoms with E-state index in [4.69, 9.17) is 32.7 Å². The quantitative estimate of drug-likeness (QED) is 0.284. The van der Waals surface area contributed by atoms with Crippen LogP contribution in [0.4, 0.5) is 13.6 Å². The number of carbonyl (C=O) groups is 1. The summed E-state index contributed by atoms with van der Waals surface area (Å²) in [5, 5.41) is 17.9. The van der Waals surface area contributed by atoms with Gasteiger partial charge in [-0.2, -0.15) is 10.1 Å². The molecule has 2 bridgehead atoms. The Morgan fingerprint density at radius 2 is 1.95 bits per heavy atom. The molecule has 2 aliphatic rings. The molecular weight excluding hydrogens is 593 g/mol. The summed E-state index contributed by atoms with van der Waals surface area (Å²) in [7, 11) is 1.60. The van der Waals surface area contributed by atoms with Crippen molar-refractivity contribution < 1.29 is 28.2 Å². The first-order valence-corrected chi connectivity index (χ1v) is 14.2. The van der Waals surface area contributed by atoms with Crippen molar-refractivity contribution in [1.29, 1.82) is 0 Å². The average Bonchev–Trinajstić information content (AvgIpc) is 3.44. The highest BCUT2D eigenvalue weighted by atomic mass is 35.5. The van der Waals surface area contributed by atoms with E-state index >= 15 is 8.78 Å². The van der Waals surface area contributed by atoms with E-state index in [2.05, 4.69) is 20.4 Å². The van der Waals surface area contributed by atoms with Gasteiger partial charge in [0, 0.05) is 36.1 Å².